The molecule has 1 heteroatoms. The predicted molar refractivity (Wildman–Crippen MR) is 85.8 cm³/mol. The van der Waals surface area contributed by atoms with Gasteiger partial charge in [-0.2, -0.15) is 0 Å². The second-order valence-electron chi connectivity index (χ2n) is 7.06. The molecule has 0 aliphatic heterocycles. The maximum atomic E-state index is 3.91. The molecule has 1 aromatic carbocycles. The van der Waals surface area contributed by atoms with E-state index in [0.29, 0.717) is 6.04 Å². The van der Waals surface area contributed by atoms with Crippen molar-refractivity contribution in [3.8, 4) is 0 Å². The lowest BCUT2D eigenvalue weighted by atomic mass is 9.69. The van der Waals surface area contributed by atoms with Gasteiger partial charge in [-0.05, 0) is 56.1 Å². The molecule has 4 atom stereocenters. The smallest absolute Gasteiger partial charge is 0.0296 e. The molecular formula is C19H29N. The van der Waals surface area contributed by atoms with Crippen LogP contribution in [0.4, 0.5) is 0 Å². The van der Waals surface area contributed by atoms with E-state index in [9.17, 15) is 0 Å². The van der Waals surface area contributed by atoms with Crippen LogP contribution in [0.5, 0.6) is 0 Å². The average Bonchev–Trinajstić information content (AvgIpc) is 2.47. The summed E-state index contributed by atoms with van der Waals surface area (Å²) in [6.45, 7) is 4.56. The van der Waals surface area contributed by atoms with Gasteiger partial charge in [0.2, 0.25) is 0 Å². The van der Waals surface area contributed by atoms with Crippen molar-refractivity contribution in [2.75, 3.05) is 0 Å². The molecule has 0 amide bonds. The summed E-state index contributed by atoms with van der Waals surface area (Å²) in [5, 5.41) is 3.91. The molecule has 3 unspecified atom stereocenters. The molecule has 0 spiro atoms. The number of nitrogens with one attached hydrogen (secondary N) is 1. The van der Waals surface area contributed by atoms with E-state index in [-0.39, 0.29) is 0 Å². The molecule has 0 heterocycles. The van der Waals surface area contributed by atoms with Crippen molar-refractivity contribution < 1.29 is 0 Å². The Labute approximate surface area is 124 Å². The average molecular weight is 271 g/mol. The highest BCUT2D eigenvalue weighted by Gasteiger charge is 2.32. The minimum atomic E-state index is 0.487. The Hall–Kier alpha value is -0.820. The minimum absolute atomic E-state index is 0.487. The molecule has 2 saturated carbocycles. The van der Waals surface area contributed by atoms with E-state index in [1.165, 1.54) is 56.1 Å². The van der Waals surface area contributed by atoms with Crippen molar-refractivity contribution in [1.29, 1.82) is 0 Å². The van der Waals surface area contributed by atoms with E-state index in [1.54, 1.807) is 0 Å². The van der Waals surface area contributed by atoms with Crippen LogP contribution in [0.25, 0.3) is 0 Å². The maximum Gasteiger partial charge on any atom is 0.0296 e. The lowest BCUT2D eigenvalue weighted by molar-refractivity contribution is 0.139. The van der Waals surface area contributed by atoms with Gasteiger partial charge >= 0.3 is 0 Å². The summed E-state index contributed by atoms with van der Waals surface area (Å²) in [6.07, 6.45) is 10.2. The molecule has 3 rings (SSSR count). The quantitative estimate of drug-likeness (QED) is 0.815. The Morgan fingerprint density at radius 1 is 1.00 bits per heavy atom. The largest absolute Gasteiger partial charge is 0.307 e. The minimum Gasteiger partial charge on any atom is -0.307 e. The van der Waals surface area contributed by atoms with E-state index < -0.39 is 0 Å². The molecule has 2 aliphatic rings. The summed E-state index contributed by atoms with van der Waals surface area (Å²) in [6, 6.07) is 10.0. The van der Waals surface area contributed by atoms with Gasteiger partial charge in [0, 0.05) is 12.1 Å². The highest BCUT2D eigenvalue weighted by atomic mass is 14.9. The molecule has 1 N–H and O–H groups in total. The van der Waals surface area contributed by atoms with Gasteiger partial charge in [-0.1, -0.05) is 49.9 Å². The van der Waals surface area contributed by atoms with Crippen LogP contribution in [0, 0.1) is 18.8 Å². The first-order chi connectivity index (χ1) is 9.74. The van der Waals surface area contributed by atoms with Crippen LogP contribution in [0.1, 0.15) is 69.0 Å². The standard InChI is InChI=1S/C19H29N/c1-14-7-3-6-10-19(14)15(2)20-18-12-11-16-8-4-5-9-17(16)13-18/h3,6-7,10,15-18,20H,4-5,8-9,11-13H2,1-2H3/t15-,16?,17?,18?/m1/s1. The van der Waals surface area contributed by atoms with Gasteiger partial charge in [0.15, 0.2) is 0 Å². The zero-order valence-electron chi connectivity index (χ0n) is 13.1. The van der Waals surface area contributed by atoms with Crippen molar-refractivity contribution >= 4 is 0 Å². The Bertz CT molecular complexity index is 439. The van der Waals surface area contributed by atoms with Crippen LogP contribution in [-0.2, 0) is 0 Å². The SMILES string of the molecule is Cc1ccccc1[C@@H](C)NC1CCC2CCCCC2C1. The number of benzene rings is 1. The van der Waals surface area contributed by atoms with Gasteiger partial charge in [0.25, 0.3) is 0 Å². The second-order valence-corrected chi connectivity index (χ2v) is 7.06. The van der Waals surface area contributed by atoms with Gasteiger partial charge in [0.1, 0.15) is 0 Å². The van der Waals surface area contributed by atoms with Crippen LogP contribution in [-0.4, -0.2) is 6.04 Å². The van der Waals surface area contributed by atoms with E-state index in [0.717, 1.165) is 17.9 Å². The first-order valence-corrected chi connectivity index (χ1v) is 8.55. The highest BCUT2D eigenvalue weighted by molar-refractivity contribution is 5.28. The van der Waals surface area contributed by atoms with Gasteiger partial charge in [-0.15, -0.1) is 0 Å². The molecule has 1 aromatic rings. The molecule has 2 aliphatic carbocycles. The summed E-state index contributed by atoms with van der Waals surface area (Å²) in [5.41, 5.74) is 2.89. The topological polar surface area (TPSA) is 12.0 Å². The molecule has 0 aromatic heterocycles. The number of fused-ring (bicyclic) bond motifs is 1. The number of hydrogen-bond acceptors (Lipinski definition) is 1. The lowest BCUT2D eigenvalue weighted by Gasteiger charge is -2.40. The van der Waals surface area contributed by atoms with Crippen LogP contribution in [0.2, 0.25) is 0 Å². The zero-order valence-corrected chi connectivity index (χ0v) is 13.1. The fourth-order valence-electron chi connectivity index (χ4n) is 4.54. The van der Waals surface area contributed by atoms with Gasteiger partial charge < -0.3 is 5.32 Å². The van der Waals surface area contributed by atoms with Crippen molar-refractivity contribution in [2.24, 2.45) is 11.8 Å². The third-order valence-corrected chi connectivity index (χ3v) is 5.68. The maximum absolute atomic E-state index is 3.91. The third-order valence-electron chi connectivity index (χ3n) is 5.68. The van der Waals surface area contributed by atoms with E-state index >= 15 is 0 Å². The van der Waals surface area contributed by atoms with E-state index in [4.69, 9.17) is 0 Å². The molecule has 2 fully saturated rings. The Morgan fingerprint density at radius 2 is 1.75 bits per heavy atom. The Balaban J connectivity index is 1.59. The lowest BCUT2D eigenvalue weighted by Crippen LogP contribution is -2.40. The summed E-state index contributed by atoms with van der Waals surface area (Å²) < 4.78 is 0. The molecular weight excluding hydrogens is 242 g/mol. The van der Waals surface area contributed by atoms with Crippen molar-refractivity contribution in [2.45, 2.75) is 70.9 Å². The predicted octanol–water partition coefficient (Wildman–Crippen LogP) is 5.00. The fourth-order valence-corrected chi connectivity index (χ4v) is 4.54. The first kappa shape index (κ1) is 14.1. The number of hydrogen-bond donors (Lipinski definition) is 1. The third kappa shape index (κ3) is 3.09. The van der Waals surface area contributed by atoms with Crippen LogP contribution in [0.3, 0.4) is 0 Å². The monoisotopic (exact) mass is 271 g/mol. The molecule has 0 bridgehead atoms. The van der Waals surface area contributed by atoms with Crippen molar-refractivity contribution in [3.63, 3.8) is 0 Å². The van der Waals surface area contributed by atoms with Crippen LogP contribution >= 0.6 is 0 Å². The number of aryl methyl sites for hydroxylation is 1. The van der Waals surface area contributed by atoms with Gasteiger partial charge in [-0.25, -0.2) is 0 Å². The van der Waals surface area contributed by atoms with Crippen molar-refractivity contribution in [3.05, 3.63) is 35.4 Å². The summed E-state index contributed by atoms with van der Waals surface area (Å²) in [5.74, 6) is 2.06. The Kier molecular flexibility index (Phi) is 4.45. The molecule has 0 radical (unpaired) electrons. The fraction of sp³-hybridized carbons (Fsp3) is 0.684. The summed E-state index contributed by atoms with van der Waals surface area (Å²) in [7, 11) is 0. The highest BCUT2D eigenvalue weighted by Crippen LogP contribution is 2.40. The molecule has 0 saturated heterocycles. The van der Waals surface area contributed by atoms with Gasteiger partial charge in [0.05, 0.1) is 0 Å². The second kappa shape index (κ2) is 6.30. The van der Waals surface area contributed by atoms with E-state index in [2.05, 4.69) is 43.4 Å². The summed E-state index contributed by atoms with van der Waals surface area (Å²) in [4.78, 5) is 0. The molecule has 110 valence electrons. The first-order valence-electron chi connectivity index (χ1n) is 8.55. The number of rotatable bonds is 3. The Morgan fingerprint density at radius 3 is 2.55 bits per heavy atom. The van der Waals surface area contributed by atoms with Crippen LogP contribution < -0.4 is 5.32 Å². The van der Waals surface area contributed by atoms with E-state index in [1.807, 2.05) is 0 Å². The zero-order chi connectivity index (χ0) is 13.9. The molecule has 1 nitrogen and oxygen atoms in total. The molecule has 20 heavy (non-hydrogen) atoms. The summed E-state index contributed by atoms with van der Waals surface area (Å²) >= 11 is 0. The normalized spacial score (nSPS) is 31.6. The van der Waals surface area contributed by atoms with Crippen LogP contribution in [0.15, 0.2) is 24.3 Å². The van der Waals surface area contributed by atoms with Gasteiger partial charge in [-0.3, -0.25) is 0 Å². The van der Waals surface area contributed by atoms with Crippen molar-refractivity contribution in [1.82, 2.24) is 5.32 Å².